The molecule has 0 aliphatic carbocycles. The third kappa shape index (κ3) is 6.79. The molecule has 0 aliphatic rings. The molecule has 0 heterocycles. The molecule has 0 unspecified atom stereocenters. The predicted molar refractivity (Wildman–Crippen MR) is 114 cm³/mol. The van der Waals surface area contributed by atoms with E-state index in [1.165, 1.54) is 0 Å². The van der Waals surface area contributed by atoms with Crippen LogP contribution in [0, 0.1) is 5.41 Å². The third-order valence-electron chi connectivity index (χ3n) is 3.76. The first-order valence-corrected chi connectivity index (χ1v) is 9.07. The largest absolute Gasteiger partial charge is 0.490 e. The molecule has 0 aromatic heterocycles. The molecule has 0 spiro atoms. The second-order valence-corrected chi connectivity index (χ2v) is 7.31. The van der Waals surface area contributed by atoms with Crippen molar-refractivity contribution in [3.05, 3.63) is 61.2 Å². The number of nitrogens with one attached hydrogen (secondary N) is 3. The fraction of sp³-hybridized carbons (Fsp3) is 0.273. The van der Waals surface area contributed by atoms with Crippen LogP contribution < -0.4 is 20.7 Å². The minimum Gasteiger partial charge on any atom is -0.490 e. The van der Waals surface area contributed by atoms with Gasteiger partial charge in [-0.15, -0.1) is 0 Å². The highest BCUT2D eigenvalue weighted by molar-refractivity contribution is 5.95. The topological polar surface area (TPSA) is 79.5 Å². The standard InChI is InChI=1S/C22H27N3O3/c1-5-13-28-19-11-9-16(10-12-19)24-20(26)15-23-17-7-6-8-18(14-17)25-21(27)22(2,3)4/h5-12,14,23H,1,13,15H2,2-4H3,(H,24,26)(H,25,27). The first-order valence-electron chi connectivity index (χ1n) is 9.07. The van der Waals surface area contributed by atoms with Crippen LogP contribution in [-0.4, -0.2) is 25.0 Å². The molecular formula is C22H27N3O3. The molecule has 2 rings (SSSR count). The predicted octanol–water partition coefficient (Wildman–Crippen LogP) is 4.29. The lowest BCUT2D eigenvalue weighted by atomic mass is 9.95. The lowest BCUT2D eigenvalue weighted by Gasteiger charge is -2.18. The molecule has 6 heteroatoms. The van der Waals surface area contributed by atoms with Gasteiger partial charge in [-0.05, 0) is 42.5 Å². The molecule has 3 N–H and O–H groups in total. The van der Waals surface area contributed by atoms with Crippen molar-refractivity contribution in [2.75, 3.05) is 29.1 Å². The quantitative estimate of drug-likeness (QED) is 0.596. The Labute approximate surface area is 166 Å². The Morgan fingerprint density at radius 1 is 1.00 bits per heavy atom. The van der Waals surface area contributed by atoms with Gasteiger partial charge in [0.2, 0.25) is 11.8 Å². The van der Waals surface area contributed by atoms with Gasteiger partial charge in [0.15, 0.2) is 0 Å². The Morgan fingerprint density at radius 2 is 1.68 bits per heavy atom. The van der Waals surface area contributed by atoms with E-state index < -0.39 is 5.41 Å². The van der Waals surface area contributed by atoms with Crippen molar-refractivity contribution < 1.29 is 14.3 Å². The highest BCUT2D eigenvalue weighted by Crippen LogP contribution is 2.20. The number of anilines is 3. The van der Waals surface area contributed by atoms with Crippen LogP contribution in [0.2, 0.25) is 0 Å². The van der Waals surface area contributed by atoms with E-state index >= 15 is 0 Å². The number of carbonyl (C=O) groups is 2. The van der Waals surface area contributed by atoms with Gasteiger partial charge >= 0.3 is 0 Å². The highest BCUT2D eigenvalue weighted by Gasteiger charge is 2.21. The van der Waals surface area contributed by atoms with Gasteiger partial charge in [-0.1, -0.05) is 39.5 Å². The van der Waals surface area contributed by atoms with Crippen LogP contribution in [-0.2, 0) is 9.59 Å². The molecule has 0 saturated carbocycles. The Hall–Kier alpha value is -3.28. The van der Waals surface area contributed by atoms with Crippen LogP contribution in [0.15, 0.2) is 61.2 Å². The summed E-state index contributed by atoms with van der Waals surface area (Å²) in [7, 11) is 0. The van der Waals surface area contributed by atoms with Gasteiger partial charge in [0.1, 0.15) is 12.4 Å². The normalized spacial score (nSPS) is 10.7. The van der Waals surface area contributed by atoms with E-state index in [0.29, 0.717) is 23.7 Å². The summed E-state index contributed by atoms with van der Waals surface area (Å²) in [5.41, 5.74) is 1.63. The molecule has 0 saturated heterocycles. The van der Waals surface area contributed by atoms with Crippen molar-refractivity contribution in [2.45, 2.75) is 20.8 Å². The number of carbonyl (C=O) groups excluding carboxylic acids is 2. The molecule has 0 atom stereocenters. The van der Waals surface area contributed by atoms with E-state index in [1.54, 1.807) is 36.4 Å². The van der Waals surface area contributed by atoms with Gasteiger partial charge in [0.25, 0.3) is 0 Å². The van der Waals surface area contributed by atoms with Crippen molar-refractivity contribution in [2.24, 2.45) is 5.41 Å². The summed E-state index contributed by atoms with van der Waals surface area (Å²) in [6.07, 6.45) is 1.67. The van der Waals surface area contributed by atoms with E-state index in [9.17, 15) is 9.59 Å². The smallest absolute Gasteiger partial charge is 0.243 e. The van der Waals surface area contributed by atoms with E-state index in [0.717, 1.165) is 5.69 Å². The maximum atomic E-state index is 12.1. The molecule has 0 bridgehead atoms. The summed E-state index contributed by atoms with van der Waals surface area (Å²) < 4.78 is 5.41. The number of benzene rings is 2. The third-order valence-corrected chi connectivity index (χ3v) is 3.76. The van der Waals surface area contributed by atoms with Gasteiger partial charge in [-0.25, -0.2) is 0 Å². The first kappa shape index (κ1) is 21.0. The highest BCUT2D eigenvalue weighted by atomic mass is 16.5. The summed E-state index contributed by atoms with van der Waals surface area (Å²) in [6, 6.07) is 14.4. The van der Waals surface area contributed by atoms with Gasteiger partial charge < -0.3 is 20.7 Å². The molecule has 0 radical (unpaired) electrons. The van der Waals surface area contributed by atoms with Crippen LogP contribution in [0.5, 0.6) is 5.75 Å². The molecular weight excluding hydrogens is 354 g/mol. The van der Waals surface area contributed by atoms with Gasteiger partial charge in [0.05, 0.1) is 6.54 Å². The number of ether oxygens (including phenoxy) is 1. The molecule has 0 fully saturated rings. The second-order valence-electron chi connectivity index (χ2n) is 7.31. The molecule has 148 valence electrons. The summed E-state index contributed by atoms with van der Waals surface area (Å²) in [5, 5.41) is 8.74. The van der Waals surface area contributed by atoms with E-state index in [-0.39, 0.29) is 18.4 Å². The van der Waals surface area contributed by atoms with Crippen LogP contribution in [0.1, 0.15) is 20.8 Å². The second kappa shape index (κ2) is 9.60. The van der Waals surface area contributed by atoms with E-state index in [2.05, 4.69) is 22.5 Å². The van der Waals surface area contributed by atoms with Crippen LogP contribution in [0.25, 0.3) is 0 Å². The lowest BCUT2D eigenvalue weighted by molar-refractivity contribution is -0.123. The minimum atomic E-state index is -0.477. The van der Waals surface area contributed by atoms with Crippen LogP contribution in [0.4, 0.5) is 17.1 Å². The Balaban J connectivity index is 1.86. The number of hydrogen-bond donors (Lipinski definition) is 3. The van der Waals surface area contributed by atoms with Gasteiger partial charge in [-0.2, -0.15) is 0 Å². The van der Waals surface area contributed by atoms with Gasteiger partial charge in [0, 0.05) is 22.5 Å². The number of amides is 2. The van der Waals surface area contributed by atoms with Crippen molar-refractivity contribution in [3.63, 3.8) is 0 Å². The lowest BCUT2D eigenvalue weighted by Crippen LogP contribution is -2.27. The molecule has 28 heavy (non-hydrogen) atoms. The van der Waals surface area contributed by atoms with Crippen molar-refractivity contribution in [1.82, 2.24) is 0 Å². The summed E-state index contributed by atoms with van der Waals surface area (Å²) >= 11 is 0. The van der Waals surface area contributed by atoms with E-state index in [1.807, 2.05) is 39.0 Å². The molecule has 2 aromatic carbocycles. The maximum Gasteiger partial charge on any atom is 0.243 e. The van der Waals surface area contributed by atoms with E-state index in [4.69, 9.17) is 4.74 Å². The average molecular weight is 381 g/mol. The SMILES string of the molecule is C=CCOc1ccc(NC(=O)CNc2cccc(NC(=O)C(C)(C)C)c2)cc1. The summed E-state index contributed by atoms with van der Waals surface area (Å²) in [6.45, 7) is 9.70. The number of hydrogen-bond acceptors (Lipinski definition) is 4. The Bertz CT molecular complexity index is 824. The summed E-state index contributed by atoms with van der Waals surface area (Å²) in [4.78, 5) is 24.2. The van der Waals surface area contributed by atoms with Crippen molar-refractivity contribution in [1.29, 1.82) is 0 Å². The fourth-order valence-electron chi connectivity index (χ4n) is 2.20. The van der Waals surface area contributed by atoms with Crippen molar-refractivity contribution >= 4 is 28.9 Å². The van der Waals surface area contributed by atoms with Gasteiger partial charge in [-0.3, -0.25) is 9.59 Å². The molecule has 2 aromatic rings. The Kier molecular flexibility index (Phi) is 7.21. The Morgan fingerprint density at radius 3 is 2.32 bits per heavy atom. The zero-order valence-corrected chi connectivity index (χ0v) is 16.5. The fourth-order valence-corrected chi connectivity index (χ4v) is 2.20. The summed E-state index contributed by atoms with van der Waals surface area (Å²) in [5.74, 6) is 0.469. The molecule has 2 amide bonds. The molecule has 0 aliphatic heterocycles. The zero-order chi connectivity index (χ0) is 20.6. The van der Waals surface area contributed by atoms with Crippen LogP contribution >= 0.6 is 0 Å². The van der Waals surface area contributed by atoms with Crippen LogP contribution in [0.3, 0.4) is 0 Å². The number of rotatable bonds is 8. The monoisotopic (exact) mass is 381 g/mol. The molecule has 6 nitrogen and oxygen atoms in total. The zero-order valence-electron chi connectivity index (χ0n) is 16.5. The first-order chi connectivity index (χ1) is 13.3. The maximum absolute atomic E-state index is 12.1. The average Bonchev–Trinajstić information content (AvgIpc) is 2.65. The van der Waals surface area contributed by atoms with Crippen molar-refractivity contribution in [3.8, 4) is 5.75 Å². The minimum absolute atomic E-state index is 0.0668.